The number of nitrogens with zero attached hydrogens (tertiary/aromatic N) is 1. The molecule has 1 fully saturated rings. The average molecular weight is 262 g/mol. The van der Waals surface area contributed by atoms with Gasteiger partial charge < -0.3 is 16.8 Å². The quantitative estimate of drug-likeness (QED) is 0.763. The molecule has 2 unspecified atom stereocenters. The maximum Gasteiger partial charge on any atom is 0.252 e. The summed E-state index contributed by atoms with van der Waals surface area (Å²) in [5.41, 5.74) is 13.5. The Labute approximate surface area is 113 Å². The molecule has 0 saturated heterocycles. The van der Waals surface area contributed by atoms with Crippen LogP contribution < -0.4 is 16.8 Å². The maximum absolute atomic E-state index is 11.6. The molecule has 2 atom stereocenters. The van der Waals surface area contributed by atoms with Gasteiger partial charge in [0.05, 0.1) is 5.56 Å². The van der Waals surface area contributed by atoms with Gasteiger partial charge in [-0.15, -0.1) is 0 Å². The maximum atomic E-state index is 11.6. The van der Waals surface area contributed by atoms with Crippen LogP contribution >= 0.6 is 0 Å². The number of pyridine rings is 1. The molecule has 5 heteroatoms. The van der Waals surface area contributed by atoms with E-state index in [1.807, 2.05) is 19.9 Å². The summed E-state index contributed by atoms with van der Waals surface area (Å²) in [5, 5.41) is 3.38. The van der Waals surface area contributed by atoms with Gasteiger partial charge in [0.15, 0.2) is 0 Å². The van der Waals surface area contributed by atoms with E-state index in [0.717, 1.165) is 30.5 Å². The molecule has 0 aliphatic heterocycles. The second-order valence-electron chi connectivity index (χ2n) is 5.35. The summed E-state index contributed by atoms with van der Waals surface area (Å²) < 4.78 is 0. The highest BCUT2D eigenvalue weighted by atomic mass is 16.1. The summed E-state index contributed by atoms with van der Waals surface area (Å²) in [6.07, 6.45) is 3.36. The molecule has 104 valence electrons. The topological polar surface area (TPSA) is 94.0 Å². The van der Waals surface area contributed by atoms with Crippen LogP contribution in [0.4, 0.5) is 5.82 Å². The summed E-state index contributed by atoms with van der Waals surface area (Å²) in [5.74, 6) is 0.619. The fourth-order valence-electron chi connectivity index (χ4n) is 2.94. The molecule has 1 aliphatic rings. The summed E-state index contributed by atoms with van der Waals surface area (Å²) in [6.45, 7) is 4.46. The van der Waals surface area contributed by atoms with Crippen molar-refractivity contribution in [2.24, 2.45) is 17.4 Å². The lowest BCUT2D eigenvalue weighted by molar-refractivity contribution is 0.1000. The lowest BCUT2D eigenvalue weighted by atomic mass is 10.0. The van der Waals surface area contributed by atoms with Gasteiger partial charge in [-0.1, -0.05) is 6.42 Å². The predicted molar refractivity (Wildman–Crippen MR) is 76.0 cm³/mol. The van der Waals surface area contributed by atoms with E-state index in [2.05, 4.69) is 10.3 Å². The molecule has 5 nitrogen and oxygen atoms in total. The minimum Gasteiger partial charge on any atom is -0.366 e. The molecule has 5 N–H and O–H groups in total. The van der Waals surface area contributed by atoms with Crippen molar-refractivity contribution >= 4 is 11.7 Å². The Morgan fingerprint density at radius 2 is 2.21 bits per heavy atom. The Bertz CT molecular complexity index is 487. The summed E-state index contributed by atoms with van der Waals surface area (Å²) in [7, 11) is 0. The van der Waals surface area contributed by atoms with Gasteiger partial charge in [0.1, 0.15) is 5.82 Å². The third-order valence-electron chi connectivity index (χ3n) is 3.88. The van der Waals surface area contributed by atoms with Gasteiger partial charge in [0.2, 0.25) is 0 Å². The van der Waals surface area contributed by atoms with E-state index in [0.29, 0.717) is 23.8 Å². The van der Waals surface area contributed by atoms with Crippen molar-refractivity contribution in [1.82, 2.24) is 4.98 Å². The lowest BCUT2D eigenvalue weighted by Crippen LogP contribution is -2.31. The number of nitrogens with two attached hydrogens (primary N) is 2. The zero-order valence-electron chi connectivity index (χ0n) is 11.6. The SMILES string of the molecule is Cc1cc(C)c(C(N)=O)c(NC2CCCC2CN)n1. The Morgan fingerprint density at radius 1 is 1.47 bits per heavy atom. The zero-order chi connectivity index (χ0) is 14.0. The van der Waals surface area contributed by atoms with E-state index in [1.54, 1.807) is 0 Å². The van der Waals surface area contributed by atoms with Gasteiger partial charge in [-0.05, 0) is 50.8 Å². The number of anilines is 1. The standard InChI is InChI=1S/C14H22N4O/c1-8-6-9(2)17-14(12(8)13(16)19)18-11-5-3-4-10(11)7-15/h6,10-11H,3-5,7,15H2,1-2H3,(H2,16,19)(H,17,18). The summed E-state index contributed by atoms with van der Waals surface area (Å²) in [6, 6.07) is 2.16. The number of hydrogen-bond acceptors (Lipinski definition) is 4. The highest BCUT2D eigenvalue weighted by Crippen LogP contribution is 2.29. The minimum absolute atomic E-state index is 0.289. The molecule has 1 amide bonds. The highest BCUT2D eigenvalue weighted by molar-refractivity contribution is 5.99. The van der Waals surface area contributed by atoms with Crippen molar-refractivity contribution < 1.29 is 4.79 Å². The van der Waals surface area contributed by atoms with Gasteiger partial charge >= 0.3 is 0 Å². The molecule has 0 bridgehead atoms. The molecule has 19 heavy (non-hydrogen) atoms. The molecular formula is C14H22N4O. The van der Waals surface area contributed by atoms with Crippen LogP contribution in [0.25, 0.3) is 0 Å². The van der Waals surface area contributed by atoms with E-state index >= 15 is 0 Å². The molecule has 1 aromatic rings. The van der Waals surface area contributed by atoms with Crippen LogP contribution in [0.3, 0.4) is 0 Å². The van der Waals surface area contributed by atoms with Crippen LogP contribution in [0, 0.1) is 19.8 Å². The fourth-order valence-corrected chi connectivity index (χ4v) is 2.94. The van der Waals surface area contributed by atoms with Gasteiger partial charge in [0, 0.05) is 11.7 Å². The third kappa shape index (κ3) is 2.87. The van der Waals surface area contributed by atoms with Crippen molar-refractivity contribution in [3.8, 4) is 0 Å². The number of carbonyl (C=O) groups excluding carboxylic acids is 1. The fraction of sp³-hybridized carbons (Fsp3) is 0.571. The molecule has 0 spiro atoms. The van der Waals surface area contributed by atoms with E-state index in [9.17, 15) is 4.79 Å². The van der Waals surface area contributed by atoms with Gasteiger partial charge in [-0.2, -0.15) is 0 Å². The largest absolute Gasteiger partial charge is 0.366 e. The number of hydrogen-bond donors (Lipinski definition) is 3. The second-order valence-corrected chi connectivity index (χ2v) is 5.35. The first-order valence-electron chi connectivity index (χ1n) is 6.77. The molecule has 2 rings (SSSR count). The monoisotopic (exact) mass is 262 g/mol. The first-order valence-corrected chi connectivity index (χ1v) is 6.77. The molecule has 0 radical (unpaired) electrons. The molecular weight excluding hydrogens is 240 g/mol. The van der Waals surface area contributed by atoms with Crippen LogP contribution in [-0.2, 0) is 0 Å². The molecule has 1 heterocycles. The predicted octanol–water partition coefficient (Wildman–Crippen LogP) is 1.34. The first-order chi connectivity index (χ1) is 9.02. The number of carbonyl (C=O) groups is 1. The van der Waals surface area contributed by atoms with Gasteiger partial charge in [0.25, 0.3) is 5.91 Å². The third-order valence-corrected chi connectivity index (χ3v) is 3.88. The van der Waals surface area contributed by atoms with Crippen molar-refractivity contribution in [1.29, 1.82) is 0 Å². The van der Waals surface area contributed by atoms with Crippen molar-refractivity contribution in [2.45, 2.75) is 39.2 Å². The van der Waals surface area contributed by atoms with Crippen molar-refractivity contribution in [3.05, 3.63) is 22.9 Å². The number of nitrogens with one attached hydrogen (secondary N) is 1. The van der Waals surface area contributed by atoms with E-state index in [4.69, 9.17) is 11.5 Å². The van der Waals surface area contributed by atoms with E-state index in [1.165, 1.54) is 0 Å². The van der Waals surface area contributed by atoms with Crippen LogP contribution in [0.2, 0.25) is 0 Å². The normalized spacial score (nSPS) is 22.5. The summed E-state index contributed by atoms with van der Waals surface area (Å²) >= 11 is 0. The molecule has 0 aromatic carbocycles. The Morgan fingerprint density at radius 3 is 2.84 bits per heavy atom. The first kappa shape index (κ1) is 13.8. The van der Waals surface area contributed by atoms with Crippen LogP contribution in [0.1, 0.15) is 40.9 Å². The number of amides is 1. The van der Waals surface area contributed by atoms with Crippen molar-refractivity contribution in [3.63, 3.8) is 0 Å². The zero-order valence-corrected chi connectivity index (χ0v) is 11.6. The molecule has 1 saturated carbocycles. The lowest BCUT2D eigenvalue weighted by Gasteiger charge is -2.22. The van der Waals surface area contributed by atoms with Gasteiger partial charge in [-0.25, -0.2) is 4.98 Å². The number of aryl methyl sites for hydroxylation is 2. The van der Waals surface area contributed by atoms with Crippen molar-refractivity contribution in [2.75, 3.05) is 11.9 Å². The molecule has 1 aromatic heterocycles. The smallest absolute Gasteiger partial charge is 0.252 e. The number of primary amides is 1. The van der Waals surface area contributed by atoms with Crippen LogP contribution in [0.5, 0.6) is 0 Å². The Kier molecular flexibility index (Phi) is 4.04. The highest BCUT2D eigenvalue weighted by Gasteiger charge is 2.27. The number of aromatic nitrogens is 1. The average Bonchev–Trinajstić information content (AvgIpc) is 2.74. The minimum atomic E-state index is -0.435. The molecule has 1 aliphatic carbocycles. The second kappa shape index (κ2) is 5.57. The Hall–Kier alpha value is -1.62. The van der Waals surface area contributed by atoms with Crippen LogP contribution in [0.15, 0.2) is 6.07 Å². The number of rotatable bonds is 4. The van der Waals surface area contributed by atoms with Gasteiger partial charge in [-0.3, -0.25) is 4.79 Å². The van der Waals surface area contributed by atoms with E-state index < -0.39 is 5.91 Å². The summed E-state index contributed by atoms with van der Waals surface area (Å²) in [4.78, 5) is 16.0. The Balaban J connectivity index is 2.31. The van der Waals surface area contributed by atoms with E-state index in [-0.39, 0.29) is 6.04 Å². The van der Waals surface area contributed by atoms with Crippen LogP contribution in [-0.4, -0.2) is 23.5 Å².